The molecule has 0 bridgehead atoms. The molecule has 1 fully saturated rings. The topological polar surface area (TPSA) is 48.1 Å². The number of para-hydroxylation sites is 2. The van der Waals surface area contributed by atoms with Crippen LogP contribution in [0.3, 0.4) is 0 Å². The Morgan fingerprint density at radius 2 is 1.92 bits per heavy atom. The van der Waals surface area contributed by atoms with E-state index in [1.54, 1.807) is 0 Å². The van der Waals surface area contributed by atoms with Gasteiger partial charge in [0.25, 0.3) is 0 Å². The van der Waals surface area contributed by atoms with Crippen molar-refractivity contribution < 1.29 is 9.53 Å². The number of carbonyl (C=O) groups is 1. The van der Waals surface area contributed by atoms with Gasteiger partial charge in [-0.25, -0.2) is 4.79 Å². The average Bonchev–Trinajstić information content (AvgIpc) is 2.62. The molecule has 134 valence electrons. The van der Waals surface area contributed by atoms with Crippen molar-refractivity contribution in [2.45, 2.75) is 13.8 Å². The molecule has 0 atom stereocenters. The molecule has 2 amide bonds. The molecule has 0 unspecified atom stereocenters. The van der Waals surface area contributed by atoms with Crippen LogP contribution in [-0.2, 0) is 4.74 Å². The Morgan fingerprint density at radius 3 is 2.58 bits per heavy atom. The zero-order valence-electron chi connectivity index (χ0n) is 15.1. The number of rotatable bonds is 7. The zero-order chi connectivity index (χ0) is 17.4. The van der Waals surface area contributed by atoms with Crippen LogP contribution in [0, 0.1) is 0 Å². The fourth-order valence-corrected chi connectivity index (χ4v) is 2.79. The molecule has 6 heteroatoms. The van der Waals surface area contributed by atoms with Gasteiger partial charge in [0.1, 0.15) is 0 Å². The van der Waals surface area contributed by atoms with Gasteiger partial charge in [0.15, 0.2) is 0 Å². The smallest absolute Gasteiger partial charge is 0.321 e. The first-order valence-electron chi connectivity index (χ1n) is 8.81. The third-order valence-electron chi connectivity index (χ3n) is 4.45. The van der Waals surface area contributed by atoms with Crippen molar-refractivity contribution >= 4 is 17.4 Å². The number of hydrogen-bond acceptors (Lipinski definition) is 4. The molecule has 1 heterocycles. The minimum absolute atomic E-state index is 0.0172. The second-order valence-electron chi connectivity index (χ2n) is 5.99. The average molecular weight is 334 g/mol. The Hall–Kier alpha value is -1.79. The second-order valence-corrected chi connectivity index (χ2v) is 5.99. The van der Waals surface area contributed by atoms with E-state index < -0.39 is 0 Å². The number of amides is 2. The number of piperazine rings is 1. The Bertz CT molecular complexity index is 515. The lowest BCUT2D eigenvalue weighted by molar-refractivity contribution is 0.0901. The molecule has 1 N–H and O–H groups in total. The van der Waals surface area contributed by atoms with Gasteiger partial charge in [-0.2, -0.15) is 0 Å². The third-order valence-corrected chi connectivity index (χ3v) is 4.45. The minimum Gasteiger partial charge on any atom is -0.380 e. The Kier molecular flexibility index (Phi) is 7.34. The van der Waals surface area contributed by atoms with Crippen LogP contribution in [0.2, 0.25) is 0 Å². The maximum Gasteiger partial charge on any atom is 0.321 e. The van der Waals surface area contributed by atoms with Crippen molar-refractivity contribution in [3.63, 3.8) is 0 Å². The zero-order valence-corrected chi connectivity index (χ0v) is 15.1. The molecule has 0 aliphatic carbocycles. The summed E-state index contributed by atoms with van der Waals surface area (Å²) in [6.07, 6.45) is 0. The van der Waals surface area contributed by atoms with Crippen LogP contribution in [0.1, 0.15) is 13.8 Å². The number of nitrogens with one attached hydrogen (secondary N) is 1. The van der Waals surface area contributed by atoms with Crippen LogP contribution in [0.5, 0.6) is 0 Å². The van der Waals surface area contributed by atoms with E-state index in [2.05, 4.69) is 22.0 Å². The van der Waals surface area contributed by atoms with Gasteiger partial charge >= 0.3 is 6.03 Å². The molecule has 0 spiro atoms. The number of anilines is 2. The van der Waals surface area contributed by atoms with Crippen molar-refractivity contribution in [2.75, 3.05) is 69.7 Å². The highest BCUT2D eigenvalue weighted by Crippen LogP contribution is 2.24. The Labute approximate surface area is 145 Å². The summed E-state index contributed by atoms with van der Waals surface area (Å²) < 4.78 is 5.40. The van der Waals surface area contributed by atoms with Crippen molar-refractivity contribution in [1.29, 1.82) is 0 Å². The lowest BCUT2D eigenvalue weighted by Gasteiger charge is -2.34. The number of carbonyl (C=O) groups excluding carboxylic acids is 1. The molecule has 0 radical (unpaired) electrons. The first kappa shape index (κ1) is 18.5. The number of urea groups is 1. The number of nitrogens with zero attached hydrogens (tertiary/aromatic N) is 3. The standard InChI is InChI=1S/C18H30N4O2/c1-4-20(3)17-9-7-6-8-16(17)19-18(23)22-12-10-21(11-13-22)14-15-24-5-2/h6-9H,4-5,10-15H2,1-3H3,(H,19,23). The quantitative estimate of drug-likeness (QED) is 0.778. The highest BCUT2D eigenvalue weighted by Gasteiger charge is 2.21. The summed E-state index contributed by atoms with van der Waals surface area (Å²) in [5, 5.41) is 3.06. The Morgan fingerprint density at radius 1 is 1.21 bits per heavy atom. The van der Waals surface area contributed by atoms with Gasteiger partial charge in [0.2, 0.25) is 0 Å². The van der Waals surface area contributed by atoms with Crippen LogP contribution in [0.4, 0.5) is 16.2 Å². The van der Waals surface area contributed by atoms with Gasteiger partial charge in [-0.15, -0.1) is 0 Å². The van der Waals surface area contributed by atoms with E-state index in [9.17, 15) is 4.79 Å². The number of ether oxygens (including phenoxy) is 1. The molecule has 0 saturated carbocycles. The molecule has 2 rings (SSSR count). The lowest BCUT2D eigenvalue weighted by Crippen LogP contribution is -2.50. The van der Waals surface area contributed by atoms with Crippen molar-refractivity contribution in [1.82, 2.24) is 9.80 Å². The van der Waals surface area contributed by atoms with Crippen molar-refractivity contribution in [3.05, 3.63) is 24.3 Å². The monoisotopic (exact) mass is 334 g/mol. The fraction of sp³-hybridized carbons (Fsp3) is 0.611. The van der Waals surface area contributed by atoms with E-state index in [1.807, 2.05) is 43.1 Å². The summed E-state index contributed by atoms with van der Waals surface area (Å²) in [5.41, 5.74) is 1.91. The fourth-order valence-electron chi connectivity index (χ4n) is 2.79. The summed E-state index contributed by atoms with van der Waals surface area (Å²) >= 11 is 0. The lowest BCUT2D eigenvalue weighted by atomic mass is 10.2. The van der Waals surface area contributed by atoms with Crippen molar-refractivity contribution in [2.24, 2.45) is 0 Å². The van der Waals surface area contributed by atoms with E-state index in [-0.39, 0.29) is 6.03 Å². The third kappa shape index (κ3) is 5.11. The normalized spacial score (nSPS) is 15.4. The predicted octanol–water partition coefficient (Wildman–Crippen LogP) is 2.33. The highest BCUT2D eigenvalue weighted by atomic mass is 16.5. The minimum atomic E-state index is -0.0172. The summed E-state index contributed by atoms with van der Waals surface area (Å²) in [6.45, 7) is 10.8. The Balaban J connectivity index is 1.86. The van der Waals surface area contributed by atoms with E-state index in [0.29, 0.717) is 0 Å². The first-order chi connectivity index (χ1) is 11.7. The van der Waals surface area contributed by atoms with Gasteiger partial charge in [-0.3, -0.25) is 4.90 Å². The van der Waals surface area contributed by atoms with E-state index in [4.69, 9.17) is 4.74 Å². The molecule has 1 aliphatic rings. The van der Waals surface area contributed by atoms with Crippen LogP contribution in [0.15, 0.2) is 24.3 Å². The van der Waals surface area contributed by atoms with E-state index >= 15 is 0 Å². The van der Waals surface area contributed by atoms with Crippen molar-refractivity contribution in [3.8, 4) is 0 Å². The maximum atomic E-state index is 12.6. The molecule has 24 heavy (non-hydrogen) atoms. The van der Waals surface area contributed by atoms with E-state index in [1.165, 1.54) is 0 Å². The summed E-state index contributed by atoms with van der Waals surface area (Å²) in [5.74, 6) is 0. The van der Waals surface area contributed by atoms with Gasteiger partial charge in [0.05, 0.1) is 18.0 Å². The highest BCUT2D eigenvalue weighted by molar-refractivity contribution is 5.93. The van der Waals surface area contributed by atoms with Crippen LogP contribution in [0.25, 0.3) is 0 Å². The molecule has 1 saturated heterocycles. The maximum absolute atomic E-state index is 12.6. The molecular formula is C18H30N4O2. The molecule has 6 nitrogen and oxygen atoms in total. The molecule has 0 aromatic heterocycles. The summed E-state index contributed by atoms with van der Waals surface area (Å²) in [6, 6.07) is 7.92. The summed E-state index contributed by atoms with van der Waals surface area (Å²) in [7, 11) is 2.03. The predicted molar refractivity (Wildman–Crippen MR) is 98.9 cm³/mol. The second kappa shape index (κ2) is 9.49. The van der Waals surface area contributed by atoms with Gasteiger partial charge in [0, 0.05) is 52.9 Å². The molecule has 1 aliphatic heterocycles. The van der Waals surface area contributed by atoms with Gasteiger partial charge < -0.3 is 19.9 Å². The number of benzene rings is 1. The van der Waals surface area contributed by atoms with Crippen LogP contribution >= 0.6 is 0 Å². The van der Waals surface area contributed by atoms with Crippen LogP contribution < -0.4 is 10.2 Å². The molecule has 1 aromatic rings. The van der Waals surface area contributed by atoms with E-state index in [0.717, 1.165) is 63.9 Å². The van der Waals surface area contributed by atoms with Crippen LogP contribution in [-0.4, -0.2) is 75.4 Å². The summed E-state index contributed by atoms with van der Waals surface area (Å²) in [4.78, 5) is 18.9. The first-order valence-corrected chi connectivity index (χ1v) is 8.81. The van der Waals surface area contributed by atoms with Gasteiger partial charge in [-0.1, -0.05) is 12.1 Å². The number of hydrogen-bond donors (Lipinski definition) is 1. The molecular weight excluding hydrogens is 304 g/mol. The molecule has 1 aromatic carbocycles. The SMILES string of the molecule is CCOCCN1CCN(C(=O)Nc2ccccc2N(C)CC)CC1. The largest absolute Gasteiger partial charge is 0.380 e. The van der Waals surface area contributed by atoms with Gasteiger partial charge in [-0.05, 0) is 26.0 Å².